The normalized spacial score (nSPS) is 10.3. The standard InChI is InChI=1S/C19H16ClNO4/c1-23-17-10-13(9-16(20)19(17)24-2)6-7-18(22)25-12-15-5-3-4-14(8-15)11-21/h3-10H,12H2,1-2H3/b7-6+. The van der Waals surface area contributed by atoms with Gasteiger partial charge in [0.2, 0.25) is 0 Å². The van der Waals surface area contributed by atoms with E-state index < -0.39 is 5.97 Å². The van der Waals surface area contributed by atoms with E-state index >= 15 is 0 Å². The lowest BCUT2D eigenvalue weighted by Gasteiger charge is -2.10. The summed E-state index contributed by atoms with van der Waals surface area (Å²) < 4.78 is 15.5. The number of hydrogen-bond donors (Lipinski definition) is 0. The predicted molar refractivity (Wildman–Crippen MR) is 94.5 cm³/mol. The monoisotopic (exact) mass is 357 g/mol. The van der Waals surface area contributed by atoms with Crippen LogP contribution in [0.2, 0.25) is 5.02 Å². The third-order valence-corrected chi connectivity index (χ3v) is 3.59. The van der Waals surface area contributed by atoms with Gasteiger partial charge in [-0.3, -0.25) is 0 Å². The smallest absolute Gasteiger partial charge is 0.331 e. The Kier molecular flexibility index (Phi) is 6.44. The highest BCUT2D eigenvalue weighted by Gasteiger charge is 2.10. The maximum absolute atomic E-state index is 11.8. The summed E-state index contributed by atoms with van der Waals surface area (Å²) in [6, 6.07) is 12.3. The molecule has 2 aromatic carbocycles. The van der Waals surface area contributed by atoms with Crippen molar-refractivity contribution < 1.29 is 19.0 Å². The van der Waals surface area contributed by atoms with Crippen molar-refractivity contribution in [3.8, 4) is 17.6 Å². The molecule has 0 fully saturated rings. The van der Waals surface area contributed by atoms with Crippen molar-refractivity contribution in [2.75, 3.05) is 14.2 Å². The largest absolute Gasteiger partial charge is 0.493 e. The van der Waals surface area contributed by atoms with E-state index in [2.05, 4.69) is 0 Å². The lowest BCUT2D eigenvalue weighted by Crippen LogP contribution is -2.01. The van der Waals surface area contributed by atoms with Crippen LogP contribution in [0, 0.1) is 11.3 Å². The second-order valence-corrected chi connectivity index (χ2v) is 5.40. The fraction of sp³-hybridized carbons (Fsp3) is 0.158. The lowest BCUT2D eigenvalue weighted by atomic mass is 10.1. The molecule has 6 heteroatoms. The molecule has 0 heterocycles. The zero-order chi connectivity index (χ0) is 18.2. The summed E-state index contributed by atoms with van der Waals surface area (Å²) >= 11 is 6.12. The second kappa shape index (κ2) is 8.76. The molecular formula is C19H16ClNO4. The molecule has 0 saturated heterocycles. The van der Waals surface area contributed by atoms with Crippen LogP contribution in [0.25, 0.3) is 6.08 Å². The van der Waals surface area contributed by atoms with E-state index in [-0.39, 0.29) is 6.61 Å². The number of ether oxygens (including phenoxy) is 3. The fourth-order valence-corrected chi connectivity index (χ4v) is 2.43. The van der Waals surface area contributed by atoms with Crippen molar-refractivity contribution in [1.29, 1.82) is 5.26 Å². The van der Waals surface area contributed by atoms with Crippen molar-refractivity contribution in [2.24, 2.45) is 0 Å². The number of hydrogen-bond acceptors (Lipinski definition) is 5. The van der Waals surface area contributed by atoms with Crippen molar-refractivity contribution in [3.05, 3.63) is 64.2 Å². The van der Waals surface area contributed by atoms with E-state index in [1.54, 1.807) is 42.5 Å². The van der Waals surface area contributed by atoms with Gasteiger partial charge in [-0.15, -0.1) is 0 Å². The van der Waals surface area contributed by atoms with Crippen LogP contribution < -0.4 is 9.47 Å². The molecule has 0 saturated carbocycles. The van der Waals surface area contributed by atoms with Crippen LogP contribution in [0.15, 0.2) is 42.5 Å². The van der Waals surface area contributed by atoms with E-state index in [4.69, 9.17) is 31.1 Å². The van der Waals surface area contributed by atoms with Gasteiger partial charge in [-0.25, -0.2) is 4.79 Å². The van der Waals surface area contributed by atoms with Crippen LogP contribution >= 0.6 is 11.6 Å². The molecule has 0 aliphatic rings. The number of benzene rings is 2. The van der Waals surface area contributed by atoms with E-state index in [9.17, 15) is 4.79 Å². The Morgan fingerprint density at radius 2 is 2.04 bits per heavy atom. The summed E-state index contributed by atoms with van der Waals surface area (Å²) in [4.78, 5) is 11.8. The highest BCUT2D eigenvalue weighted by Crippen LogP contribution is 2.36. The molecule has 0 aliphatic heterocycles. The first-order chi connectivity index (χ1) is 12.1. The number of nitrogens with zero attached hydrogens (tertiary/aromatic N) is 1. The molecule has 0 N–H and O–H groups in total. The van der Waals surface area contributed by atoms with Gasteiger partial charge in [0, 0.05) is 6.08 Å². The van der Waals surface area contributed by atoms with Crippen LogP contribution in [-0.2, 0) is 16.1 Å². The second-order valence-electron chi connectivity index (χ2n) is 4.99. The molecular weight excluding hydrogens is 342 g/mol. The average Bonchev–Trinajstić information content (AvgIpc) is 2.64. The summed E-state index contributed by atoms with van der Waals surface area (Å²) in [5.74, 6) is 0.394. The SMILES string of the molecule is COc1cc(/C=C/C(=O)OCc2cccc(C#N)c2)cc(Cl)c1OC. The van der Waals surface area contributed by atoms with E-state index in [1.807, 2.05) is 6.07 Å². The van der Waals surface area contributed by atoms with Gasteiger partial charge in [0.05, 0.1) is 30.9 Å². The maximum atomic E-state index is 11.8. The van der Waals surface area contributed by atoms with Gasteiger partial charge < -0.3 is 14.2 Å². The van der Waals surface area contributed by atoms with Crippen LogP contribution in [-0.4, -0.2) is 20.2 Å². The highest BCUT2D eigenvalue weighted by molar-refractivity contribution is 6.32. The van der Waals surface area contributed by atoms with Crippen LogP contribution in [0.4, 0.5) is 0 Å². The zero-order valence-corrected chi connectivity index (χ0v) is 14.5. The number of rotatable bonds is 6. The predicted octanol–water partition coefficient (Wildman–Crippen LogP) is 3.99. The van der Waals surface area contributed by atoms with E-state index in [0.717, 1.165) is 5.56 Å². The molecule has 2 aromatic rings. The van der Waals surface area contributed by atoms with Gasteiger partial charge in [0.1, 0.15) is 6.61 Å². The number of nitriles is 1. The van der Waals surface area contributed by atoms with Crippen LogP contribution in [0.5, 0.6) is 11.5 Å². The average molecular weight is 358 g/mol. The van der Waals surface area contributed by atoms with Crippen molar-refractivity contribution in [3.63, 3.8) is 0 Å². The number of carbonyl (C=O) groups is 1. The van der Waals surface area contributed by atoms with Gasteiger partial charge in [0.15, 0.2) is 11.5 Å². The molecule has 25 heavy (non-hydrogen) atoms. The maximum Gasteiger partial charge on any atom is 0.331 e. The van der Waals surface area contributed by atoms with Gasteiger partial charge in [0.25, 0.3) is 0 Å². The van der Waals surface area contributed by atoms with E-state index in [0.29, 0.717) is 27.6 Å². The first kappa shape index (κ1) is 18.4. The Bertz CT molecular complexity index is 840. The minimum atomic E-state index is -0.506. The Morgan fingerprint density at radius 1 is 1.24 bits per heavy atom. The van der Waals surface area contributed by atoms with Gasteiger partial charge in [-0.1, -0.05) is 23.7 Å². The summed E-state index contributed by atoms with van der Waals surface area (Å²) in [6.07, 6.45) is 2.87. The Morgan fingerprint density at radius 3 is 2.72 bits per heavy atom. The Balaban J connectivity index is 2.02. The van der Waals surface area contributed by atoms with Gasteiger partial charge in [-0.05, 0) is 41.5 Å². The van der Waals surface area contributed by atoms with Crippen molar-refractivity contribution >= 4 is 23.6 Å². The molecule has 5 nitrogen and oxygen atoms in total. The number of carbonyl (C=O) groups excluding carboxylic acids is 1. The summed E-state index contributed by atoms with van der Waals surface area (Å²) in [7, 11) is 3.00. The van der Waals surface area contributed by atoms with E-state index in [1.165, 1.54) is 20.3 Å². The highest BCUT2D eigenvalue weighted by atomic mass is 35.5. The van der Waals surface area contributed by atoms with Gasteiger partial charge >= 0.3 is 5.97 Å². The minimum absolute atomic E-state index is 0.0887. The number of esters is 1. The first-order valence-corrected chi connectivity index (χ1v) is 7.70. The third kappa shape index (κ3) is 5.00. The minimum Gasteiger partial charge on any atom is -0.493 e. The molecule has 128 valence electrons. The quantitative estimate of drug-likeness (QED) is 0.577. The fourth-order valence-electron chi connectivity index (χ4n) is 2.13. The molecule has 0 bridgehead atoms. The molecule has 0 radical (unpaired) electrons. The van der Waals surface area contributed by atoms with Gasteiger partial charge in [-0.2, -0.15) is 5.26 Å². The van der Waals surface area contributed by atoms with Crippen LogP contribution in [0.3, 0.4) is 0 Å². The molecule has 0 aromatic heterocycles. The third-order valence-electron chi connectivity index (χ3n) is 3.30. The summed E-state index contributed by atoms with van der Waals surface area (Å²) in [5.41, 5.74) is 1.94. The molecule has 2 rings (SSSR count). The molecule has 0 aliphatic carbocycles. The Labute approximate surface area is 151 Å². The van der Waals surface area contributed by atoms with Crippen molar-refractivity contribution in [1.82, 2.24) is 0 Å². The zero-order valence-electron chi connectivity index (χ0n) is 13.8. The first-order valence-electron chi connectivity index (χ1n) is 7.32. The lowest BCUT2D eigenvalue weighted by molar-refractivity contribution is -0.138. The number of methoxy groups -OCH3 is 2. The Hall–Kier alpha value is -2.97. The summed E-state index contributed by atoms with van der Waals surface area (Å²) in [6.45, 7) is 0.0887. The summed E-state index contributed by atoms with van der Waals surface area (Å²) in [5, 5.41) is 9.23. The molecule has 0 spiro atoms. The van der Waals surface area contributed by atoms with Crippen LogP contribution in [0.1, 0.15) is 16.7 Å². The molecule has 0 amide bonds. The molecule has 0 unspecified atom stereocenters. The number of halogens is 1. The van der Waals surface area contributed by atoms with Crippen molar-refractivity contribution in [2.45, 2.75) is 6.61 Å². The molecule has 0 atom stereocenters. The topological polar surface area (TPSA) is 68.5 Å².